The summed E-state index contributed by atoms with van der Waals surface area (Å²) in [6.07, 6.45) is 2.81. The number of hydrogen-bond donors (Lipinski definition) is 0. The molecule has 2 fully saturated rings. The summed E-state index contributed by atoms with van der Waals surface area (Å²) in [4.78, 5) is 16.3. The van der Waals surface area contributed by atoms with Crippen LogP contribution in [0.15, 0.2) is 18.2 Å². The van der Waals surface area contributed by atoms with E-state index in [0.717, 1.165) is 30.5 Å². The SMILES string of the molecule is Cc1cc(N2C(=O)C3(CCC3)N(C)C2=S)ccc1C#N. The van der Waals surface area contributed by atoms with Crippen molar-refractivity contribution in [3.05, 3.63) is 29.3 Å². The first-order valence-electron chi connectivity index (χ1n) is 6.64. The van der Waals surface area contributed by atoms with Crippen LogP contribution in [0.4, 0.5) is 5.69 Å². The number of thiocarbonyl (C=S) groups is 1. The highest BCUT2D eigenvalue weighted by Crippen LogP contribution is 2.44. The minimum absolute atomic E-state index is 0.0698. The van der Waals surface area contributed by atoms with E-state index in [0.29, 0.717) is 10.7 Å². The molecule has 1 aliphatic carbocycles. The van der Waals surface area contributed by atoms with Crippen molar-refractivity contribution in [1.82, 2.24) is 4.90 Å². The molecule has 4 nitrogen and oxygen atoms in total. The Kier molecular flexibility index (Phi) is 2.80. The van der Waals surface area contributed by atoms with Crippen molar-refractivity contribution in [2.45, 2.75) is 31.7 Å². The van der Waals surface area contributed by atoms with Crippen LogP contribution in [0.1, 0.15) is 30.4 Å². The molecule has 1 aliphatic heterocycles. The van der Waals surface area contributed by atoms with Crippen LogP contribution in [0.3, 0.4) is 0 Å². The standard InChI is InChI=1S/C15H15N3OS/c1-10-8-12(5-4-11(10)9-16)18-13(19)15(6-3-7-15)17(2)14(18)20/h4-5,8H,3,6-7H2,1-2H3. The largest absolute Gasteiger partial charge is 0.337 e. The third-order valence-corrected chi connectivity index (χ3v) is 4.95. The Hall–Kier alpha value is -1.93. The number of anilines is 1. The maximum atomic E-state index is 12.7. The van der Waals surface area contributed by atoms with Gasteiger partial charge in [-0.2, -0.15) is 5.26 Å². The summed E-state index contributed by atoms with van der Waals surface area (Å²) in [6.45, 7) is 1.87. The third-order valence-electron chi connectivity index (χ3n) is 4.49. The maximum absolute atomic E-state index is 12.7. The minimum atomic E-state index is -0.418. The predicted molar refractivity (Wildman–Crippen MR) is 80.3 cm³/mol. The van der Waals surface area contributed by atoms with E-state index in [9.17, 15) is 4.79 Å². The zero-order valence-electron chi connectivity index (χ0n) is 11.5. The fourth-order valence-electron chi connectivity index (χ4n) is 2.97. The lowest BCUT2D eigenvalue weighted by Gasteiger charge is -2.41. The lowest BCUT2D eigenvalue weighted by molar-refractivity contribution is -0.128. The number of hydrogen-bond acceptors (Lipinski definition) is 3. The molecule has 1 heterocycles. The number of likely N-dealkylation sites (N-methyl/N-ethyl adjacent to an activating group) is 1. The van der Waals surface area contributed by atoms with Crippen LogP contribution in [-0.2, 0) is 4.79 Å². The fourth-order valence-corrected chi connectivity index (χ4v) is 3.34. The summed E-state index contributed by atoms with van der Waals surface area (Å²) in [7, 11) is 1.90. The van der Waals surface area contributed by atoms with Crippen molar-refractivity contribution in [3.63, 3.8) is 0 Å². The van der Waals surface area contributed by atoms with E-state index in [1.807, 2.05) is 24.9 Å². The zero-order chi connectivity index (χ0) is 14.5. The average molecular weight is 285 g/mol. The van der Waals surface area contributed by atoms with Crippen LogP contribution in [0.25, 0.3) is 0 Å². The minimum Gasteiger partial charge on any atom is -0.337 e. The second-order valence-electron chi connectivity index (χ2n) is 5.48. The van der Waals surface area contributed by atoms with Gasteiger partial charge >= 0.3 is 0 Å². The molecule has 1 aromatic carbocycles. The van der Waals surface area contributed by atoms with Crippen LogP contribution in [0.2, 0.25) is 0 Å². The van der Waals surface area contributed by atoms with Crippen molar-refractivity contribution < 1.29 is 4.79 Å². The Morgan fingerprint density at radius 1 is 1.40 bits per heavy atom. The lowest BCUT2D eigenvalue weighted by atomic mass is 9.76. The molecule has 102 valence electrons. The maximum Gasteiger partial charge on any atom is 0.259 e. The zero-order valence-corrected chi connectivity index (χ0v) is 12.3. The predicted octanol–water partition coefficient (Wildman–Crippen LogP) is 2.35. The van der Waals surface area contributed by atoms with Gasteiger partial charge in [0.1, 0.15) is 5.54 Å². The number of aryl methyl sites for hydroxylation is 1. The van der Waals surface area contributed by atoms with Crippen molar-refractivity contribution >= 4 is 28.9 Å². The van der Waals surface area contributed by atoms with E-state index in [4.69, 9.17) is 17.5 Å². The molecule has 2 aliphatic rings. The molecule has 1 amide bonds. The molecule has 1 saturated carbocycles. The first-order chi connectivity index (χ1) is 9.51. The average Bonchev–Trinajstić information content (AvgIpc) is 2.57. The Labute approximate surface area is 123 Å². The molecule has 5 heteroatoms. The number of benzene rings is 1. The van der Waals surface area contributed by atoms with E-state index in [-0.39, 0.29) is 5.91 Å². The molecule has 0 N–H and O–H groups in total. The van der Waals surface area contributed by atoms with Gasteiger partial charge in [-0.15, -0.1) is 0 Å². The van der Waals surface area contributed by atoms with Gasteiger partial charge in [-0.25, -0.2) is 0 Å². The molecule has 0 radical (unpaired) electrons. The second kappa shape index (κ2) is 4.29. The molecule has 1 saturated heterocycles. The van der Waals surface area contributed by atoms with Gasteiger partial charge in [0.15, 0.2) is 5.11 Å². The van der Waals surface area contributed by atoms with Gasteiger partial charge in [0.05, 0.1) is 17.3 Å². The van der Waals surface area contributed by atoms with Gasteiger partial charge < -0.3 is 4.90 Å². The quantitative estimate of drug-likeness (QED) is 0.743. The van der Waals surface area contributed by atoms with Gasteiger partial charge in [-0.3, -0.25) is 9.69 Å². The molecule has 0 unspecified atom stereocenters. The molecular formula is C15H15N3OS. The van der Waals surface area contributed by atoms with Gasteiger partial charge in [-0.1, -0.05) is 0 Å². The van der Waals surface area contributed by atoms with Crippen molar-refractivity contribution in [3.8, 4) is 6.07 Å². The van der Waals surface area contributed by atoms with Crippen LogP contribution in [0.5, 0.6) is 0 Å². The van der Waals surface area contributed by atoms with Crippen LogP contribution < -0.4 is 4.90 Å². The number of carbonyl (C=O) groups excluding carboxylic acids is 1. The highest BCUT2D eigenvalue weighted by atomic mass is 32.1. The Morgan fingerprint density at radius 3 is 2.55 bits per heavy atom. The van der Waals surface area contributed by atoms with E-state index >= 15 is 0 Å². The highest BCUT2D eigenvalue weighted by molar-refractivity contribution is 7.80. The summed E-state index contributed by atoms with van der Waals surface area (Å²) in [5, 5.41) is 9.54. The van der Waals surface area contributed by atoms with Crippen molar-refractivity contribution in [2.24, 2.45) is 0 Å². The van der Waals surface area contributed by atoms with Gasteiger partial charge in [0.25, 0.3) is 5.91 Å². The molecule has 3 rings (SSSR count). The number of amides is 1. The van der Waals surface area contributed by atoms with Gasteiger partial charge in [0, 0.05) is 7.05 Å². The molecular weight excluding hydrogens is 270 g/mol. The van der Waals surface area contributed by atoms with Gasteiger partial charge in [0.2, 0.25) is 0 Å². The molecule has 1 aromatic rings. The molecule has 0 bridgehead atoms. The second-order valence-corrected chi connectivity index (χ2v) is 5.84. The molecule has 1 spiro atoms. The number of carbonyl (C=O) groups is 1. The smallest absolute Gasteiger partial charge is 0.259 e. The Balaban J connectivity index is 2.03. The molecule has 20 heavy (non-hydrogen) atoms. The third kappa shape index (κ3) is 1.52. The van der Waals surface area contributed by atoms with Gasteiger partial charge in [-0.05, 0) is 62.2 Å². The fraction of sp³-hybridized carbons (Fsp3) is 0.400. The van der Waals surface area contributed by atoms with Crippen molar-refractivity contribution in [1.29, 1.82) is 5.26 Å². The highest BCUT2D eigenvalue weighted by Gasteiger charge is 2.57. The number of nitrogens with zero attached hydrogens (tertiary/aromatic N) is 3. The van der Waals surface area contributed by atoms with Crippen molar-refractivity contribution in [2.75, 3.05) is 11.9 Å². The van der Waals surface area contributed by atoms with E-state index in [1.165, 1.54) is 0 Å². The first kappa shape index (κ1) is 13.1. The van der Waals surface area contributed by atoms with E-state index in [1.54, 1.807) is 17.0 Å². The monoisotopic (exact) mass is 285 g/mol. The summed E-state index contributed by atoms with van der Waals surface area (Å²) in [5.74, 6) is 0.0698. The Bertz CT molecular complexity index is 658. The Morgan fingerprint density at radius 2 is 2.10 bits per heavy atom. The summed E-state index contributed by atoms with van der Waals surface area (Å²) < 4.78 is 0. The normalized spacial score (nSPS) is 20.2. The number of rotatable bonds is 1. The topological polar surface area (TPSA) is 47.3 Å². The van der Waals surface area contributed by atoms with Crippen LogP contribution in [-0.4, -0.2) is 28.5 Å². The molecule has 0 aromatic heterocycles. The molecule has 0 atom stereocenters. The summed E-state index contributed by atoms with van der Waals surface area (Å²) in [5.41, 5.74) is 1.82. The van der Waals surface area contributed by atoms with E-state index in [2.05, 4.69) is 6.07 Å². The van der Waals surface area contributed by atoms with Crippen LogP contribution >= 0.6 is 12.2 Å². The summed E-state index contributed by atoms with van der Waals surface area (Å²) >= 11 is 5.44. The first-order valence-corrected chi connectivity index (χ1v) is 7.05. The summed E-state index contributed by atoms with van der Waals surface area (Å²) in [6, 6.07) is 7.53. The van der Waals surface area contributed by atoms with E-state index < -0.39 is 5.54 Å². The van der Waals surface area contributed by atoms with Crippen LogP contribution in [0, 0.1) is 18.3 Å². The lowest BCUT2D eigenvalue weighted by Crippen LogP contribution is -2.53. The number of nitriles is 1.